The van der Waals surface area contributed by atoms with Gasteiger partial charge in [0, 0.05) is 67.8 Å². The summed E-state index contributed by atoms with van der Waals surface area (Å²) in [6.45, 7) is 4.10. The Morgan fingerprint density at radius 3 is 1.40 bits per heavy atom. The van der Waals surface area contributed by atoms with Crippen LogP contribution in [0, 0.1) is 17.8 Å². The van der Waals surface area contributed by atoms with Crippen molar-refractivity contribution < 1.29 is 24.0 Å². The Morgan fingerprint density at radius 1 is 0.508 bits per heavy atom. The highest BCUT2D eigenvalue weighted by Crippen LogP contribution is 2.42. The van der Waals surface area contributed by atoms with E-state index in [-0.39, 0.29) is 72.5 Å². The fourth-order valence-electron chi connectivity index (χ4n) is 9.88. The third kappa shape index (κ3) is 13.0. The first-order valence-electron chi connectivity index (χ1n) is 24.5. The summed E-state index contributed by atoms with van der Waals surface area (Å²) < 4.78 is 0. The number of amides is 5. The van der Waals surface area contributed by atoms with Crippen LogP contribution in [0.5, 0.6) is 0 Å². The molecule has 0 radical (unpaired) electrons. The van der Waals surface area contributed by atoms with Crippen molar-refractivity contribution in [2.45, 2.75) is 140 Å². The molecule has 0 aromatic heterocycles. The largest absolute Gasteiger partial charge is 0.356 e. The predicted molar refractivity (Wildman–Crippen MR) is 248 cm³/mol. The van der Waals surface area contributed by atoms with E-state index in [4.69, 9.17) is 0 Å². The van der Waals surface area contributed by atoms with Gasteiger partial charge in [-0.3, -0.25) is 24.0 Å². The van der Waals surface area contributed by atoms with E-state index in [0.717, 1.165) is 25.7 Å². The summed E-state index contributed by atoms with van der Waals surface area (Å²) in [6.07, 6.45) is 20.5. The molecule has 0 spiro atoms. The van der Waals surface area contributed by atoms with E-state index in [1.165, 1.54) is 88.2 Å². The molecule has 10 heteroatoms. The predicted octanol–water partition coefficient (Wildman–Crippen LogP) is 8.78. The van der Waals surface area contributed by atoms with Gasteiger partial charge in [0.05, 0.1) is 17.8 Å². The molecule has 7 rings (SSSR count). The lowest BCUT2D eigenvalue weighted by Crippen LogP contribution is -2.43. The molecule has 4 fully saturated rings. The molecule has 3 aromatic carbocycles. The van der Waals surface area contributed by atoms with Gasteiger partial charge in [-0.15, -0.1) is 0 Å². The van der Waals surface area contributed by atoms with Gasteiger partial charge in [-0.25, -0.2) is 0 Å². The Bertz CT molecular complexity index is 1880. The van der Waals surface area contributed by atoms with Gasteiger partial charge in [0.15, 0.2) is 0 Å². The first-order chi connectivity index (χ1) is 30.8. The Morgan fingerprint density at radius 2 is 0.937 bits per heavy atom. The zero-order chi connectivity index (χ0) is 44.0. The van der Waals surface area contributed by atoms with Crippen LogP contribution < -0.4 is 16.0 Å². The number of nitrogens with zero attached hydrogens (tertiary/aromatic N) is 2. The number of nitrogens with one attached hydrogen (secondary N) is 3. The van der Waals surface area contributed by atoms with E-state index in [2.05, 4.69) is 47.1 Å². The van der Waals surface area contributed by atoms with Crippen molar-refractivity contribution in [3.05, 3.63) is 107 Å². The maximum atomic E-state index is 14.0. The van der Waals surface area contributed by atoms with E-state index in [0.29, 0.717) is 37.2 Å². The summed E-state index contributed by atoms with van der Waals surface area (Å²) >= 11 is 0. The second-order valence-corrected chi connectivity index (χ2v) is 18.9. The monoisotopic (exact) mass is 858 g/mol. The first kappa shape index (κ1) is 46.0. The van der Waals surface area contributed by atoms with Crippen molar-refractivity contribution in [1.82, 2.24) is 25.8 Å². The summed E-state index contributed by atoms with van der Waals surface area (Å²) in [4.78, 5) is 71.5. The summed E-state index contributed by atoms with van der Waals surface area (Å²) in [5, 5.41) is 9.50. The van der Waals surface area contributed by atoms with E-state index in [1.54, 1.807) is 34.1 Å². The molecule has 63 heavy (non-hydrogen) atoms. The number of likely N-dealkylation sites (tertiary alicyclic amines) is 2. The standard InChI is InChI=1S/C53H71N5O5/c1-2-3-4-5-6-7-8-9-10-11-12-13-14-21-31-54-49(59)42-30-32-57(35-42)52(62)40-26-28-41(29-27-40)53(63)58-36-45(50(60)55-47-33-43(47)38-22-17-15-18-23-38)46(37-58)51(61)56-48-34-44(48)39-24-19-16-20-25-39/h15-20,22-29,42-48H,2-14,21,30-37H2,1H3,(H,54,59)(H,55,60)(H,56,61)/t42-,43-,44-,45-,46-,47+,48+/m1/s1. The first-order valence-corrected chi connectivity index (χ1v) is 24.5. The highest BCUT2D eigenvalue weighted by molar-refractivity contribution is 5.99. The van der Waals surface area contributed by atoms with Gasteiger partial charge < -0.3 is 25.8 Å². The van der Waals surface area contributed by atoms with Crippen LogP contribution in [0.1, 0.15) is 160 Å². The van der Waals surface area contributed by atoms with Crippen molar-refractivity contribution in [2.24, 2.45) is 17.8 Å². The van der Waals surface area contributed by atoms with Gasteiger partial charge in [-0.1, -0.05) is 151 Å². The molecule has 7 atom stereocenters. The zero-order valence-corrected chi connectivity index (χ0v) is 37.6. The van der Waals surface area contributed by atoms with Crippen LogP contribution in [0.3, 0.4) is 0 Å². The van der Waals surface area contributed by atoms with Crippen LogP contribution in [0.4, 0.5) is 0 Å². The number of hydrogen-bond acceptors (Lipinski definition) is 5. The summed E-state index contributed by atoms with van der Waals surface area (Å²) in [5.74, 6) is -1.90. The molecule has 338 valence electrons. The second kappa shape index (κ2) is 23.1. The Hall–Kier alpha value is -4.99. The Labute approximate surface area is 375 Å². The van der Waals surface area contributed by atoms with Crippen molar-refractivity contribution in [2.75, 3.05) is 32.7 Å². The molecule has 0 bridgehead atoms. The zero-order valence-electron chi connectivity index (χ0n) is 37.6. The molecule has 2 saturated carbocycles. The minimum Gasteiger partial charge on any atom is -0.356 e. The molecular formula is C53H71N5O5. The van der Waals surface area contributed by atoms with Gasteiger partial charge in [0.2, 0.25) is 17.7 Å². The van der Waals surface area contributed by atoms with Crippen LogP contribution in [-0.2, 0) is 14.4 Å². The minimum absolute atomic E-state index is 0.00314. The van der Waals surface area contributed by atoms with Crippen LogP contribution in [0.25, 0.3) is 0 Å². The van der Waals surface area contributed by atoms with E-state index < -0.39 is 11.8 Å². The minimum atomic E-state index is -0.680. The normalized spacial score (nSPS) is 23.6. The molecule has 2 saturated heterocycles. The summed E-state index contributed by atoms with van der Waals surface area (Å²) in [6, 6.07) is 26.9. The SMILES string of the molecule is CCCCCCCCCCCCCCCCNC(=O)[C@@H]1CCN(C(=O)c2ccc(C(=O)N3C[C@@H](C(=O)N[C@H]4C[C@@H]4c4ccccc4)[C@H](C(=O)N[C@H]4C[C@@H]4c4ccccc4)C3)cc2)C1. The molecule has 3 aromatic rings. The fraction of sp³-hybridized carbons (Fsp3) is 0.566. The average Bonchev–Trinajstić information content (AvgIpc) is 4.14. The molecule has 10 nitrogen and oxygen atoms in total. The molecule has 2 aliphatic heterocycles. The van der Waals surface area contributed by atoms with Crippen molar-refractivity contribution >= 4 is 29.5 Å². The lowest BCUT2D eigenvalue weighted by molar-refractivity contribution is -0.133. The third-order valence-corrected chi connectivity index (χ3v) is 14.0. The summed E-state index contributed by atoms with van der Waals surface area (Å²) in [5.41, 5.74) is 3.22. The fourth-order valence-corrected chi connectivity index (χ4v) is 9.88. The number of hydrogen-bond donors (Lipinski definition) is 3. The van der Waals surface area contributed by atoms with Gasteiger partial charge in [-0.2, -0.15) is 0 Å². The smallest absolute Gasteiger partial charge is 0.253 e. The number of unbranched alkanes of at least 4 members (excludes halogenated alkanes) is 13. The Balaban J connectivity index is 0.838. The van der Waals surface area contributed by atoms with Gasteiger partial charge in [-0.05, 0) is 61.1 Å². The highest BCUT2D eigenvalue weighted by Gasteiger charge is 2.49. The van der Waals surface area contributed by atoms with Gasteiger partial charge in [0.25, 0.3) is 11.8 Å². The van der Waals surface area contributed by atoms with Crippen LogP contribution in [0.2, 0.25) is 0 Å². The molecule has 0 unspecified atom stereocenters. The van der Waals surface area contributed by atoms with E-state index in [1.807, 2.05) is 36.4 Å². The number of rotatable bonds is 24. The van der Waals surface area contributed by atoms with Crippen molar-refractivity contribution in [3.63, 3.8) is 0 Å². The van der Waals surface area contributed by atoms with Crippen LogP contribution >= 0.6 is 0 Å². The molecule has 5 amide bonds. The van der Waals surface area contributed by atoms with Crippen molar-refractivity contribution in [3.8, 4) is 0 Å². The van der Waals surface area contributed by atoms with Gasteiger partial charge in [0.1, 0.15) is 0 Å². The maximum absolute atomic E-state index is 14.0. The van der Waals surface area contributed by atoms with Gasteiger partial charge >= 0.3 is 0 Å². The van der Waals surface area contributed by atoms with Crippen LogP contribution in [-0.4, -0.2) is 84.1 Å². The van der Waals surface area contributed by atoms with Crippen molar-refractivity contribution in [1.29, 1.82) is 0 Å². The second-order valence-electron chi connectivity index (χ2n) is 18.9. The lowest BCUT2D eigenvalue weighted by atomic mass is 9.94. The molecule has 2 aliphatic carbocycles. The van der Waals surface area contributed by atoms with E-state index >= 15 is 0 Å². The molecule has 4 aliphatic rings. The Kier molecular flexibility index (Phi) is 16.9. The summed E-state index contributed by atoms with van der Waals surface area (Å²) in [7, 11) is 0. The average molecular weight is 858 g/mol. The molecule has 2 heterocycles. The van der Waals surface area contributed by atoms with Crippen LogP contribution in [0.15, 0.2) is 84.9 Å². The number of carbonyl (C=O) groups is 5. The topological polar surface area (TPSA) is 128 Å². The van der Waals surface area contributed by atoms with E-state index in [9.17, 15) is 24.0 Å². The molecular weight excluding hydrogens is 787 g/mol. The maximum Gasteiger partial charge on any atom is 0.253 e. The lowest BCUT2D eigenvalue weighted by Gasteiger charge is -2.18. The highest BCUT2D eigenvalue weighted by atomic mass is 16.2. The number of benzene rings is 3. The molecule has 3 N–H and O–H groups in total. The number of carbonyl (C=O) groups excluding carboxylic acids is 5. The quantitative estimate of drug-likeness (QED) is 0.0777. The third-order valence-electron chi connectivity index (χ3n) is 14.0.